The molecule has 0 saturated heterocycles. The van der Waals surface area contributed by atoms with Crippen molar-refractivity contribution >= 4 is 18.0 Å². The van der Waals surface area contributed by atoms with E-state index >= 15 is 0 Å². The lowest BCUT2D eigenvalue weighted by Gasteiger charge is -2.27. The van der Waals surface area contributed by atoms with E-state index in [0.29, 0.717) is 5.57 Å². The van der Waals surface area contributed by atoms with Crippen molar-refractivity contribution in [3.63, 3.8) is 0 Å². The molecule has 0 bridgehead atoms. The fraction of sp³-hybridized carbons (Fsp3) is 0.412. The first-order chi connectivity index (χ1) is 10.6. The molecule has 1 aromatic carbocycles. The largest absolute Gasteiger partial charge is 0.488 e. The lowest BCUT2D eigenvalue weighted by atomic mass is 10.1. The van der Waals surface area contributed by atoms with Crippen LogP contribution in [0.3, 0.4) is 0 Å². The van der Waals surface area contributed by atoms with Crippen LogP contribution < -0.4 is 4.74 Å². The molecule has 3 rings (SSSR count). The zero-order chi connectivity index (χ0) is 15.7. The predicted octanol–water partition coefficient (Wildman–Crippen LogP) is 2.17. The van der Waals surface area contributed by atoms with Gasteiger partial charge in [0.05, 0.1) is 11.5 Å². The topological polar surface area (TPSA) is 66.8 Å². The van der Waals surface area contributed by atoms with Gasteiger partial charge in [-0.2, -0.15) is 0 Å². The number of fused-ring (bicyclic) bond motifs is 1. The number of aliphatic carboxylic acids is 1. The standard InChI is InChI=1S/C17H19NO4/c1-11(17(20)21)9-18(14-6-7-14)16(19)13-8-12-4-2-3-5-15(12)22-10-13/h2-5,8,11,14H,6-7,9-10H2,1H3,(H,20,21)/t11-/m0/s1. The second-order valence-electron chi connectivity index (χ2n) is 5.92. The van der Waals surface area contributed by atoms with Gasteiger partial charge in [-0.3, -0.25) is 9.59 Å². The number of ether oxygens (including phenoxy) is 1. The smallest absolute Gasteiger partial charge is 0.308 e. The summed E-state index contributed by atoms with van der Waals surface area (Å²) in [5.41, 5.74) is 1.47. The maximum Gasteiger partial charge on any atom is 0.308 e. The summed E-state index contributed by atoms with van der Waals surface area (Å²) < 4.78 is 5.63. The first-order valence-corrected chi connectivity index (χ1v) is 7.52. The molecule has 1 amide bonds. The molecule has 1 aliphatic heterocycles. The van der Waals surface area contributed by atoms with E-state index in [2.05, 4.69) is 0 Å². The zero-order valence-corrected chi connectivity index (χ0v) is 12.5. The molecule has 0 aromatic heterocycles. The van der Waals surface area contributed by atoms with Crippen molar-refractivity contribution in [3.05, 3.63) is 35.4 Å². The highest BCUT2D eigenvalue weighted by Gasteiger charge is 2.36. The average molecular weight is 301 g/mol. The molecule has 1 N–H and O–H groups in total. The third-order valence-electron chi connectivity index (χ3n) is 4.05. The summed E-state index contributed by atoms with van der Waals surface area (Å²) in [4.78, 5) is 25.5. The van der Waals surface area contributed by atoms with Crippen LogP contribution in [0, 0.1) is 5.92 Å². The average Bonchev–Trinajstić information content (AvgIpc) is 3.35. The third kappa shape index (κ3) is 2.98. The number of amides is 1. The Morgan fingerprint density at radius 3 is 2.77 bits per heavy atom. The van der Waals surface area contributed by atoms with Crippen LogP contribution in [0.15, 0.2) is 29.8 Å². The van der Waals surface area contributed by atoms with Gasteiger partial charge in [-0.05, 0) is 25.0 Å². The van der Waals surface area contributed by atoms with E-state index < -0.39 is 11.9 Å². The van der Waals surface area contributed by atoms with Crippen LogP contribution in [-0.4, -0.2) is 41.1 Å². The van der Waals surface area contributed by atoms with Gasteiger partial charge in [0.1, 0.15) is 12.4 Å². The molecule has 1 aliphatic carbocycles. The van der Waals surface area contributed by atoms with Crippen LogP contribution >= 0.6 is 0 Å². The molecule has 1 atom stereocenters. The number of hydrogen-bond donors (Lipinski definition) is 1. The molecule has 1 fully saturated rings. The normalized spacial score (nSPS) is 17.8. The Balaban J connectivity index is 1.79. The van der Waals surface area contributed by atoms with E-state index in [1.807, 2.05) is 30.3 Å². The van der Waals surface area contributed by atoms with Crippen molar-refractivity contribution in [1.29, 1.82) is 0 Å². The fourth-order valence-electron chi connectivity index (χ4n) is 2.58. The van der Waals surface area contributed by atoms with Gasteiger partial charge < -0.3 is 14.7 Å². The zero-order valence-electron chi connectivity index (χ0n) is 12.5. The van der Waals surface area contributed by atoms with Crippen molar-refractivity contribution in [2.24, 2.45) is 5.92 Å². The minimum atomic E-state index is -0.877. The van der Waals surface area contributed by atoms with Gasteiger partial charge in [-0.1, -0.05) is 25.1 Å². The van der Waals surface area contributed by atoms with Crippen LogP contribution in [0.2, 0.25) is 0 Å². The molecule has 116 valence electrons. The third-order valence-corrected chi connectivity index (χ3v) is 4.05. The molecule has 0 spiro atoms. The van der Waals surface area contributed by atoms with Crippen molar-refractivity contribution in [2.45, 2.75) is 25.8 Å². The van der Waals surface area contributed by atoms with Crippen LogP contribution in [0.1, 0.15) is 25.3 Å². The van der Waals surface area contributed by atoms with Gasteiger partial charge in [-0.25, -0.2) is 0 Å². The van der Waals surface area contributed by atoms with E-state index in [4.69, 9.17) is 9.84 Å². The Kier molecular flexibility index (Phi) is 3.88. The summed E-state index contributed by atoms with van der Waals surface area (Å²) in [5, 5.41) is 9.08. The van der Waals surface area contributed by atoms with Crippen LogP contribution in [-0.2, 0) is 9.59 Å². The number of rotatable bonds is 5. The van der Waals surface area contributed by atoms with Crippen molar-refractivity contribution in [3.8, 4) is 5.75 Å². The van der Waals surface area contributed by atoms with E-state index in [0.717, 1.165) is 24.2 Å². The molecule has 5 nitrogen and oxygen atoms in total. The van der Waals surface area contributed by atoms with Crippen molar-refractivity contribution in [2.75, 3.05) is 13.2 Å². The number of hydrogen-bond acceptors (Lipinski definition) is 3. The Labute approximate surface area is 129 Å². The number of carboxylic acid groups (broad SMARTS) is 1. The van der Waals surface area contributed by atoms with Crippen molar-refractivity contribution in [1.82, 2.24) is 4.90 Å². The number of carbonyl (C=O) groups excluding carboxylic acids is 1. The number of carbonyl (C=O) groups is 2. The second kappa shape index (κ2) is 5.83. The summed E-state index contributed by atoms with van der Waals surface area (Å²) >= 11 is 0. The minimum absolute atomic E-state index is 0.106. The summed E-state index contributed by atoms with van der Waals surface area (Å²) in [5.74, 6) is -0.777. The molecule has 1 saturated carbocycles. The first kappa shape index (κ1) is 14.6. The van der Waals surface area contributed by atoms with Crippen LogP contribution in [0.25, 0.3) is 6.08 Å². The summed E-state index contributed by atoms with van der Waals surface area (Å²) in [6.07, 6.45) is 3.74. The Morgan fingerprint density at radius 2 is 2.09 bits per heavy atom. The predicted molar refractivity (Wildman–Crippen MR) is 81.4 cm³/mol. The molecule has 0 radical (unpaired) electrons. The fourth-order valence-corrected chi connectivity index (χ4v) is 2.58. The Bertz CT molecular complexity index is 633. The monoisotopic (exact) mass is 301 g/mol. The molecule has 1 heterocycles. The molecule has 0 unspecified atom stereocenters. The highest BCUT2D eigenvalue weighted by atomic mass is 16.5. The summed E-state index contributed by atoms with van der Waals surface area (Å²) in [6.45, 7) is 2.12. The number of nitrogens with zero attached hydrogens (tertiary/aromatic N) is 1. The van der Waals surface area contributed by atoms with Gasteiger partial charge in [0, 0.05) is 18.2 Å². The first-order valence-electron chi connectivity index (χ1n) is 7.52. The highest BCUT2D eigenvalue weighted by molar-refractivity contribution is 5.99. The van der Waals surface area contributed by atoms with Crippen LogP contribution in [0.5, 0.6) is 5.75 Å². The molecular formula is C17H19NO4. The molecule has 2 aliphatic rings. The maximum atomic E-state index is 12.7. The van der Waals surface area contributed by atoms with E-state index in [1.54, 1.807) is 11.8 Å². The quantitative estimate of drug-likeness (QED) is 0.905. The SMILES string of the molecule is C[C@@H](CN(C(=O)C1=Cc2ccccc2OC1)C1CC1)C(=O)O. The summed E-state index contributed by atoms with van der Waals surface area (Å²) in [6, 6.07) is 7.75. The highest BCUT2D eigenvalue weighted by Crippen LogP contribution is 2.31. The minimum Gasteiger partial charge on any atom is -0.488 e. The van der Waals surface area contributed by atoms with Gasteiger partial charge in [0.2, 0.25) is 0 Å². The number of carboxylic acids is 1. The lowest BCUT2D eigenvalue weighted by Crippen LogP contribution is -2.40. The van der Waals surface area contributed by atoms with Crippen molar-refractivity contribution < 1.29 is 19.4 Å². The Morgan fingerprint density at radius 1 is 1.36 bits per heavy atom. The molecular weight excluding hydrogens is 282 g/mol. The maximum absolute atomic E-state index is 12.7. The number of benzene rings is 1. The molecule has 5 heteroatoms. The summed E-state index contributed by atoms with van der Waals surface area (Å²) in [7, 11) is 0. The van der Waals surface area contributed by atoms with Gasteiger partial charge in [-0.15, -0.1) is 0 Å². The van der Waals surface area contributed by atoms with Gasteiger partial charge in [0.15, 0.2) is 0 Å². The lowest BCUT2D eigenvalue weighted by molar-refractivity contribution is -0.142. The molecule has 22 heavy (non-hydrogen) atoms. The van der Waals surface area contributed by atoms with E-state index in [-0.39, 0.29) is 25.1 Å². The number of para-hydroxylation sites is 1. The van der Waals surface area contributed by atoms with Crippen LogP contribution in [0.4, 0.5) is 0 Å². The van der Waals surface area contributed by atoms with Gasteiger partial charge >= 0.3 is 5.97 Å². The second-order valence-corrected chi connectivity index (χ2v) is 5.92. The molecule has 1 aromatic rings. The Hall–Kier alpha value is -2.30. The van der Waals surface area contributed by atoms with E-state index in [1.165, 1.54) is 0 Å². The van der Waals surface area contributed by atoms with E-state index in [9.17, 15) is 9.59 Å². The van der Waals surface area contributed by atoms with Gasteiger partial charge in [0.25, 0.3) is 5.91 Å².